The fourth-order valence-electron chi connectivity index (χ4n) is 7.40. The fraction of sp³-hybridized carbons (Fsp3) is 0.0577. The lowest BCUT2D eigenvalue weighted by Gasteiger charge is -2.19. The van der Waals surface area contributed by atoms with Gasteiger partial charge in [0.15, 0.2) is 17.5 Å². The van der Waals surface area contributed by atoms with Gasteiger partial charge in [0.05, 0.1) is 0 Å². The molecule has 0 radical (unpaired) electrons. The van der Waals surface area contributed by atoms with E-state index in [1.165, 1.54) is 38.9 Å². The molecule has 0 saturated carbocycles. The molecule has 262 valence electrons. The molecule has 3 nitrogen and oxygen atoms in total. The first kappa shape index (κ1) is 33.8. The van der Waals surface area contributed by atoms with Crippen LogP contribution in [-0.4, -0.2) is 15.0 Å². The number of benzene rings is 7. The molecule has 0 N–H and O–H groups in total. The first-order chi connectivity index (χ1) is 27.3. The Balaban J connectivity index is 1.17. The summed E-state index contributed by atoms with van der Waals surface area (Å²) in [6.07, 6.45) is 9.81. The normalized spacial score (nSPS) is 12.5. The standard InChI is InChI=1S/C52H39N3/c1-2-8-26-40(25-7-1)50-53-51(41-27-15-6-16-28-41)55-52(54-50)45-32-18-30-43(34-45)42-29-17-31-44(33-42)49-36-47(38-21-11-4-12-22-38)46(37-19-9-3-10-20-37)35-48(49)39-23-13-5-14-24-39/h3-7,9-36H,1-2,8H2. The van der Waals surface area contributed by atoms with Crippen LogP contribution in [0.25, 0.3) is 84.0 Å². The SMILES string of the molecule is C1=CC(c2nc(-c3ccccc3)nc(-c3cccc(-c4cccc(-c5cc(-c6ccccc6)c(-c6ccccc6)cc5-c5ccccc5)c4)c3)n2)=CCCC1. The molecule has 0 amide bonds. The average Bonchev–Trinajstić information content (AvgIpc) is 3.57. The Morgan fingerprint density at radius 1 is 0.309 bits per heavy atom. The van der Waals surface area contributed by atoms with E-state index < -0.39 is 0 Å². The van der Waals surface area contributed by atoms with Crippen LogP contribution < -0.4 is 0 Å². The van der Waals surface area contributed by atoms with E-state index in [1.807, 2.05) is 18.2 Å². The smallest absolute Gasteiger partial charge is 0.164 e. The zero-order chi connectivity index (χ0) is 36.8. The molecule has 1 aliphatic carbocycles. The van der Waals surface area contributed by atoms with Gasteiger partial charge in [-0.15, -0.1) is 0 Å². The van der Waals surface area contributed by atoms with Gasteiger partial charge in [-0.05, 0) is 99.2 Å². The van der Waals surface area contributed by atoms with Crippen LogP contribution in [0, 0.1) is 0 Å². The largest absolute Gasteiger partial charge is 0.208 e. The number of aromatic nitrogens is 3. The first-order valence-electron chi connectivity index (χ1n) is 19.0. The van der Waals surface area contributed by atoms with E-state index in [9.17, 15) is 0 Å². The van der Waals surface area contributed by atoms with Crippen molar-refractivity contribution in [2.24, 2.45) is 0 Å². The summed E-state index contributed by atoms with van der Waals surface area (Å²) in [6.45, 7) is 0. The molecule has 0 fully saturated rings. The van der Waals surface area contributed by atoms with Gasteiger partial charge in [-0.3, -0.25) is 0 Å². The number of allylic oxidation sites excluding steroid dienone is 4. The highest BCUT2D eigenvalue weighted by Gasteiger charge is 2.18. The van der Waals surface area contributed by atoms with Crippen LogP contribution in [0.4, 0.5) is 0 Å². The second-order valence-corrected chi connectivity index (χ2v) is 13.9. The molecule has 1 aliphatic rings. The molecule has 3 heteroatoms. The van der Waals surface area contributed by atoms with Crippen molar-refractivity contribution in [1.29, 1.82) is 0 Å². The number of rotatable bonds is 8. The summed E-state index contributed by atoms with van der Waals surface area (Å²) in [7, 11) is 0. The molecule has 0 bridgehead atoms. The van der Waals surface area contributed by atoms with Crippen LogP contribution in [0.15, 0.2) is 200 Å². The quantitative estimate of drug-likeness (QED) is 0.158. The van der Waals surface area contributed by atoms with Gasteiger partial charge in [0.1, 0.15) is 0 Å². The van der Waals surface area contributed by atoms with Gasteiger partial charge in [0.25, 0.3) is 0 Å². The Bertz CT molecular complexity index is 2650. The molecule has 8 aromatic rings. The van der Waals surface area contributed by atoms with Crippen LogP contribution in [-0.2, 0) is 0 Å². The minimum atomic E-state index is 0.663. The maximum absolute atomic E-state index is 5.07. The molecule has 0 aliphatic heterocycles. The second kappa shape index (κ2) is 15.6. The molecule has 9 rings (SSSR count). The monoisotopic (exact) mass is 705 g/mol. The Morgan fingerprint density at radius 3 is 1.25 bits per heavy atom. The maximum atomic E-state index is 5.07. The third-order valence-corrected chi connectivity index (χ3v) is 10.2. The number of hydrogen-bond donors (Lipinski definition) is 0. The van der Waals surface area contributed by atoms with E-state index >= 15 is 0 Å². The molecule has 0 spiro atoms. The lowest BCUT2D eigenvalue weighted by atomic mass is 9.85. The summed E-state index contributed by atoms with van der Waals surface area (Å²) in [5, 5.41) is 0. The molecule has 55 heavy (non-hydrogen) atoms. The van der Waals surface area contributed by atoms with Gasteiger partial charge in [-0.1, -0.05) is 176 Å². The van der Waals surface area contributed by atoms with Crippen molar-refractivity contribution in [1.82, 2.24) is 15.0 Å². The summed E-state index contributed by atoms with van der Waals surface area (Å²) in [5.41, 5.74) is 14.7. The Hall–Kier alpha value is -6.97. The Labute approximate surface area is 323 Å². The summed E-state index contributed by atoms with van der Waals surface area (Å²) >= 11 is 0. The van der Waals surface area contributed by atoms with E-state index in [2.05, 4.69) is 182 Å². The summed E-state index contributed by atoms with van der Waals surface area (Å²) in [4.78, 5) is 15.1. The van der Waals surface area contributed by atoms with Crippen molar-refractivity contribution in [3.63, 3.8) is 0 Å². The molecule has 1 aromatic heterocycles. The van der Waals surface area contributed by atoms with E-state index in [0.29, 0.717) is 17.5 Å². The van der Waals surface area contributed by atoms with Crippen molar-refractivity contribution >= 4 is 5.57 Å². The van der Waals surface area contributed by atoms with Crippen LogP contribution >= 0.6 is 0 Å². The summed E-state index contributed by atoms with van der Waals surface area (Å²) < 4.78 is 0. The third-order valence-electron chi connectivity index (χ3n) is 10.2. The van der Waals surface area contributed by atoms with E-state index in [-0.39, 0.29) is 0 Å². The van der Waals surface area contributed by atoms with Gasteiger partial charge >= 0.3 is 0 Å². The maximum Gasteiger partial charge on any atom is 0.164 e. The topological polar surface area (TPSA) is 38.7 Å². The van der Waals surface area contributed by atoms with Gasteiger partial charge in [0, 0.05) is 16.7 Å². The molecule has 1 heterocycles. The zero-order valence-corrected chi connectivity index (χ0v) is 30.5. The molecule has 0 atom stereocenters. The number of nitrogens with zero attached hydrogens (tertiary/aromatic N) is 3. The van der Waals surface area contributed by atoms with Gasteiger partial charge in [0.2, 0.25) is 0 Å². The third kappa shape index (κ3) is 7.33. The molecule has 0 saturated heterocycles. The highest BCUT2D eigenvalue weighted by Crippen LogP contribution is 2.43. The minimum Gasteiger partial charge on any atom is -0.208 e. The zero-order valence-electron chi connectivity index (χ0n) is 30.5. The van der Waals surface area contributed by atoms with Crippen LogP contribution in [0.1, 0.15) is 25.1 Å². The lowest BCUT2D eigenvalue weighted by molar-refractivity contribution is 0.875. The number of hydrogen-bond acceptors (Lipinski definition) is 3. The lowest BCUT2D eigenvalue weighted by Crippen LogP contribution is -2.02. The van der Waals surface area contributed by atoms with Crippen LogP contribution in [0.5, 0.6) is 0 Å². The van der Waals surface area contributed by atoms with E-state index in [0.717, 1.165) is 52.7 Å². The minimum absolute atomic E-state index is 0.663. The first-order valence-corrected chi connectivity index (χ1v) is 19.0. The van der Waals surface area contributed by atoms with Gasteiger partial charge < -0.3 is 0 Å². The van der Waals surface area contributed by atoms with Crippen molar-refractivity contribution in [3.05, 3.63) is 206 Å². The predicted octanol–water partition coefficient (Wildman–Crippen LogP) is 13.7. The van der Waals surface area contributed by atoms with E-state index in [1.54, 1.807) is 0 Å². The highest BCUT2D eigenvalue weighted by atomic mass is 15.0. The van der Waals surface area contributed by atoms with Gasteiger partial charge in [-0.25, -0.2) is 15.0 Å². The van der Waals surface area contributed by atoms with Crippen molar-refractivity contribution in [3.8, 4) is 78.4 Å². The van der Waals surface area contributed by atoms with Crippen molar-refractivity contribution in [2.45, 2.75) is 19.3 Å². The fourth-order valence-corrected chi connectivity index (χ4v) is 7.40. The average molecular weight is 706 g/mol. The summed E-state index contributed by atoms with van der Waals surface area (Å²) in [6, 6.07) is 64.6. The second-order valence-electron chi connectivity index (χ2n) is 13.9. The Kier molecular flexibility index (Phi) is 9.57. The molecule has 7 aromatic carbocycles. The van der Waals surface area contributed by atoms with E-state index in [4.69, 9.17) is 15.0 Å². The molecular formula is C52H39N3. The van der Waals surface area contributed by atoms with Gasteiger partial charge in [-0.2, -0.15) is 0 Å². The van der Waals surface area contributed by atoms with Crippen molar-refractivity contribution in [2.75, 3.05) is 0 Å². The summed E-state index contributed by atoms with van der Waals surface area (Å²) in [5.74, 6) is 2.04. The molecule has 0 unspecified atom stereocenters. The van der Waals surface area contributed by atoms with Crippen LogP contribution in [0.3, 0.4) is 0 Å². The molecular weight excluding hydrogens is 667 g/mol. The van der Waals surface area contributed by atoms with Crippen LogP contribution in [0.2, 0.25) is 0 Å². The highest BCUT2D eigenvalue weighted by molar-refractivity contribution is 5.95. The van der Waals surface area contributed by atoms with Crippen molar-refractivity contribution < 1.29 is 0 Å². The predicted molar refractivity (Wildman–Crippen MR) is 229 cm³/mol. The Morgan fingerprint density at radius 2 is 0.709 bits per heavy atom.